The van der Waals surface area contributed by atoms with Crippen LogP contribution in [0.2, 0.25) is 0 Å². The van der Waals surface area contributed by atoms with Gasteiger partial charge < -0.3 is 54.3 Å². The molecule has 6 N–H and O–H groups in total. The third-order valence-electron chi connectivity index (χ3n) is 6.98. The van der Waals surface area contributed by atoms with Crippen molar-refractivity contribution in [3.8, 4) is 11.5 Å². The van der Waals surface area contributed by atoms with Gasteiger partial charge in [-0.25, -0.2) is 4.79 Å². The first-order valence-corrected chi connectivity index (χ1v) is 11.8. The maximum Gasteiger partial charge on any atom is 0.331 e. The predicted octanol–water partition coefficient (Wildman–Crippen LogP) is -0.601. The second-order valence-corrected chi connectivity index (χ2v) is 9.57. The number of rotatable bonds is 7. The number of fused-ring (bicyclic) bond motifs is 1. The number of phenolic OH excluding ortho intramolecular Hbond substituents is 1. The first kappa shape index (κ1) is 27.3. The molecule has 1 saturated carbocycles. The van der Waals surface area contributed by atoms with E-state index < -0.39 is 73.1 Å². The summed E-state index contributed by atoms with van der Waals surface area (Å²) in [7, 11) is 1.41. The molecule has 3 aliphatic rings. The molecule has 2 fully saturated rings. The summed E-state index contributed by atoms with van der Waals surface area (Å²) < 4.78 is 27.4. The normalized spacial score (nSPS) is 39.3. The first-order valence-electron chi connectivity index (χ1n) is 11.8. The van der Waals surface area contributed by atoms with Crippen LogP contribution in [0.15, 0.2) is 36.6 Å². The lowest BCUT2D eigenvalue weighted by molar-refractivity contribution is -0.346. The van der Waals surface area contributed by atoms with Crippen molar-refractivity contribution < 1.29 is 59.1 Å². The molecule has 1 aliphatic carbocycles. The van der Waals surface area contributed by atoms with Crippen LogP contribution in [0.4, 0.5) is 0 Å². The summed E-state index contributed by atoms with van der Waals surface area (Å²) in [5.41, 5.74) is -0.811. The number of phenols is 1. The Morgan fingerprint density at radius 1 is 1.19 bits per heavy atom. The maximum absolute atomic E-state index is 12.6. The van der Waals surface area contributed by atoms with Crippen LogP contribution in [0.3, 0.4) is 0 Å². The molecule has 0 amide bonds. The van der Waals surface area contributed by atoms with Gasteiger partial charge in [0.15, 0.2) is 17.8 Å². The van der Waals surface area contributed by atoms with Crippen molar-refractivity contribution in [2.24, 2.45) is 11.8 Å². The number of benzene rings is 1. The quantitative estimate of drug-likeness (QED) is 0.197. The van der Waals surface area contributed by atoms with Crippen LogP contribution in [0, 0.1) is 11.8 Å². The number of esters is 1. The highest BCUT2D eigenvalue weighted by atomic mass is 16.8. The van der Waals surface area contributed by atoms with Gasteiger partial charge in [-0.05, 0) is 36.8 Å². The molecule has 0 radical (unpaired) electrons. The van der Waals surface area contributed by atoms with Gasteiger partial charge in [0.2, 0.25) is 6.29 Å². The maximum atomic E-state index is 12.6. The van der Waals surface area contributed by atoms with E-state index in [2.05, 4.69) is 0 Å². The molecule has 0 bridgehead atoms. The highest BCUT2D eigenvalue weighted by Gasteiger charge is 2.57. The molecular formula is C25H32O12. The van der Waals surface area contributed by atoms with Crippen molar-refractivity contribution in [3.05, 3.63) is 42.2 Å². The Bertz CT molecular complexity index is 1020. The highest BCUT2D eigenvalue weighted by molar-refractivity contribution is 5.87. The zero-order valence-electron chi connectivity index (χ0n) is 20.3. The van der Waals surface area contributed by atoms with Gasteiger partial charge in [-0.1, -0.05) is 6.07 Å². The smallest absolute Gasteiger partial charge is 0.331 e. The standard InChI is InChI=1S/C25H32O12/c1-25(32)10-16(35-18(28)6-4-12-3-5-14(27)15(9-12)33-2)13-7-8-34-23(19(13)25)37-24-22(31)21(30)20(29)17(11-26)36-24/h3-9,13,16-17,19-24,26-27,29-32H,10-11H2,1-2H3/b6-4+/t13-,16?,17+,19+,20+,21+,22+,23-,24-,25-/m0/s1. The first-order chi connectivity index (χ1) is 17.6. The minimum absolute atomic E-state index is 0.0340. The van der Waals surface area contributed by atoms with Crippen LogP contribution in [-0.4, -0.2) is 99.0 Å². The monoisotopic (exact) mass is 524 g/mol. The van der Waals surface area contributed by atoms with Crippen LogP contribution in [0.1, 0.15) is 18.9 Å². The van der Waals surface area contributed by atoms with Gasteiger partial charge in [-0.15, -0.1) is 0 Å². The zero-order chi connectivity index (χ0) is 26.9. The lowest BCUT2D eigenvalue weighted by Crippen LogP contribution is -2.60. The third kappa shape index (κ3) is 5.60. The van der Waals surface area contributed by atoms with Gasteiger partial charge in [0, 0.05) is 18.4 Å². The second-order valence-electron chi connectivity index (χ2n) is 9.57. The summed E-state index contributed by atoms with van der Waals surface area (Å²) in [6, 6.07) is 4.59. The van der Waals surface area contributed by atoms with E-state index in [4.69, 9.17) is 23.7 Å². The number of methoxy groups -OCH3 is 1. The van der Waals surface area contributed by atoms with Crippen molar-refractivity contribution >= 4 is 12.0 Å². The molecule has 1 aromatic rings. The minimum Gasteiger partial charge on any atom is -0.504 e. The zero-order valence-corrected chi connectivity index (χ0v) is 20.3. The number of aromatic hydroxyl groups is 1. The molecule has 10 atom stereocenters. The van der Waals surface area contributed by atoms with Gasteiger partial charge in [0.25, 0.3) is 0 Å². The van der Waals surface area contributed by atoms with E-state index in [0.717, 1.165) is 0 Å². The summed E-state index contributed by atoms with van der Waals surface area (Å²) in [5.74, 6) is -1.69. The molecule has 2 heterocycles. The molecule has 1 saturated heterocycles. The second kappa shape index (κ2) is 11.0. The van der Waals surface area contributed by atoms with E-state index in [9.17, 15) is 35.4 Å². The van der Waals surface area contributed by atoms with Gasteiger partial charge in [0.05, 0.1) is 31.5 Å². The molecule has 1 unspecified atom stereocenters. The van der Waals surface area contributed by atoms with E-state index in [0.29, 0.717) is 5.56 Å². The molecule has 37 heavy (non-hydrogen) atoms. The Morgan fingerprint density at radius 3 is 2.65 bits per heavy atom. The molecule has 12 nitrogen and oxygen atoms in total. The molecule has 0 aromatic heterocycles. The van der Waals surface area contributed by atoms with Gasteiger partial charge in [0.1, 0.15) is 30.5 Å². The Hall–Kier alpha value is -2.71. The predicted molar refractivity (Wildman–Crippen MR) is 125 cm³/mol. The Balaban J connectivity index is 1.44. The molecule has 12 heteroatoms. The lowest BCUT2D eigenvalue weighted by atomic mass is 9.85. The van der Waals surface area contributed by atoms with E-state index in [1.165, 1.54) is 31.6 Å². The number of carbonyl (C=O) groups is 1. The lowest BCUT2D eigenvalue weighted by Gasteiger charge is -2.43. The third-order valence-corrected chi connectivity index (χ3v) is 6.98. The molecule has 2 aliphatic heterocycles. The minimum atomic E-state index is -1.64. The summed E-state index contributed by atoms with van der Waals surface area (Å²) in [6.45, 7) is 0.922. The average Bonchev–Trinajstić information content (AvgIpc) is 3.13. The van der Waals surface area contributed by atoms with Crippen molar-refractivity contribution in [2.45, 2.75) is 62.0 Å². The topological polar surface area (TPSA) is 185 Å². The number of hydrogen-bond donors (Lipinski definition) is 6. The number of aliphatic hydroxyl groups excluding tert-OH is 4. The number of aliphatic hydroxyl groups is 5. The van der Waals surface area contributed by atoms with Crippen LogP contribution >= 0.6 is 0 Å². The van der Waals surface area contributed by atoms with E-state index in [1.807, 2.05) is 0 Å². The Kier molecular flexibility index (Phi) is 8.09. The molecule has 204 valence electrons. The van der Waals surface area contributed by atoms with Gasteiger partial charge in [-0.2, -0.15) is 0 Å². The summed E-state index contributed by atoms with van der Waals surface area (Å²) in [5, 5.41) is 60.6. The van der Waals surface area contributed by atoms with Gasteiger partial charge >= 0.3 is 5.97 Å². The van der Waals surface area contributed by atoms with Crippen molar-refractivity contribution in [1.82, 2.24) is 0 Å². The molecule has 0 spiro atoms. The SMILES string of the molecule is COc1cc(/C=C/C(=O)OC2C[C@](C)(O)[C@H]3[C@H](O[C@@H]4O[C@H](CO)[C@@H](O)[C@@H](O)[C@H]4O)OC=C[C@@H]23)ccc1O. The van der Waals surface area contributed by atoms with Crippen LogP contribution in [-0.2, 0) is 23.7 Å². The Labute approximate surface area is 212 Å². The fraction of sp³-hybridized carbons (Fsp3) is 0.560. The Morgan fingerprint density at radius 2 is 1.95 bits per heavy atom. The summed E-state index contributed by atoms with van der Waals surface area (Å²) in [4.78, 5) is 12.6. The molecule has 4 rings (SSSR count). The van der Waals surface area contributed by atoms with E-state index >= 15 is 0 Å². The molecule has 1 aromatic carbocycles. The summed E-state index contributed by atoms with van der Waals surface area (Å²) >= 11 is 0. The highest BCUT2D eigenvalue weighted by Crippen LogP contribution is 2.48. The number of carbonyl (C=O) groups excluding carboxylic acids is 1. The number of ether oxygens (including phenoxy) is 5. The van der Waals surface area contributed by atoms with Gasteiger partial charge in [-0.3, -0.25) is 0 Å². The fourth-order valence-electron chi connectivity index (χ4n) is 5.04. The average molecular weight is 525 g/mol. The van der Waals surface area contributed by atoms with Crippen molar-refractivity contribution in [1.29, 1.82) is 0 Å². The van der Waals surface area contributed by atoms with E-state index in [-0.39, 0.29) is 17.9 Å². The van der Waals surface area contributed by atoms with Crippen LogP contribution < -0.4 is 4.74 Å². The molecular weight excluding hydrogens is 492 g/mol. The van der Waals surface area contributed by atoms with E-state index in [1.54, 1.807) is 25.1 Å². The van der Waals surface area contributed by atoms with Crippen LogP contribution in [0.25, 0.3) is 6.08 Å². The number of hydrogen-bond acceptors (Lipinski definition) is 12. The van der Waals surface area contributed by atoms with Crippen molar-refractivity contribution in [3.63, 3.8) is 0 Å². The fourth-order valence-corrected chi connectivity index (χ4v) is 5.04. The van der Waals surface area contributed by atoms with Crippen molar-refractivity contribution in [2.75, 3.05) is 13.7 Å². The largest absolute Gasteiger partial charge is 0.504 e. The van der Waals surface area contributed by atoms with Crippen LogP contribution in [0.5, 0.6) is 11.5 Å². The summed E-state index contributed by atoms with van der Waals surface area (Å²) in [6.07, 6.45) is -3.58.